The Bertz CT molecular complexity index is 955. The smallest absolute Gasteiger partial charge is 0.161 e. The maximum atomic E-state index is 5.77. The number of benzene rings is 1. The topological polar surface area (TPSA) is 54.0 Å². The number of piperazine rings is 1. The molecule has 1 aromatic carbocycles. The molecule has 0 unspecified atom stereocenters. The van der Waals surface area contributed by atoms with Crippen LogP contribution in [0.1, 0.15) is 36.1 Å². The Kier molecular flexibility index (Phi) is 5.61. The van der Waals surface area contributed by atoms with Crippen LogP contribution in [-0.4, -0.2) is 78.3 Å². The van der Waals surface area contributed by atoms with E-state index in [1.165, 1.54) is 55.0 Å². The summed E-state index contributed by atoms with van der Waals surface area (Å²) >= 11 is 0. The van der Waals surface area contributed by atoms with Crippen LogP contribution in [0.15, 0.2) is 24.5 Å². The predicted octanol–water partition coefficient (Wildman–Crippen LogP) is 2.52. The SMILES string of the molecule is c1nc2c(c(N3CCN(C4CCC4)CC3)n1)CCN(Cc1ccc3c(c1)OCCO3)CC2. The molecule has 4 aliphatic rings. The molecule has 32 heavy (non-hydrogen) atoms. The average molecular weight is 436 g/mol. The molecule has 3 aliphatic heterocycles. The molecule has 4 heterocycles. The molecule has 6 rings (SSSR count). The van der Waals surface area contributed by atoms with E-state index >= 15 is 0 Å². The Morgan fingerprint density at radius 3 is 2.50 bits per heavy atom. The molecule has 0 bridgehead atoms. The van der Waals surface area contributed by atoms with Gasteiger partial charge in [0.05, 0.1) is 5.69 Å². The van der Waals surface area contributed by atoms with E-state index < -0.39 is 0 Å². The molecule has 170 valence electrons. The second-order valence-corrected chi connectivity index (χ2v) is 9.48. The standard InChI is InChI=1S/C25H33N5O2/c1-2-20(3-1)29-10-12-30(13-11-29)25-21-6-8-28(9-7-22(21)26-18-27-25)17-19-4-5-23-24(16-19)32-15-14-31-23/h4-5,16,18,20H,1-3,6-15,17H2. The van der Waals surface area contributed by atoms with Crippen LogP contribution in [0.2, 0.25) is 0 Å². The van der Waals surface area contributed by atoms with Crippen molar-refractivity contribution in [2.24, 2.45) is 0 Å². The first-order chi connectivity index (χ1) is 15.8. The number of rotatable bonds is 4. The van der Waals surface area contributed by atoms with Gasteiger partial charge in [-0.3, -0.25) is 9.80 Å². The molecular weight excluding hydrogens is 402 g/mol. The van der Waals surface area contributed by atoms with E-state index in [1.807, 2.05) is 6.07 Å². The highest BCUT2D eigenvalue weighted by molar-refractivity contribution is 5.50. The van der Waals surface area contributed by atoms with Crippen molar-refractivity contribution in [1.82, 2.24) is 19.8 Å². The molecule has 1 aromatic heterocycles. The Hall–Kier alpha value is -2.38. The maximum Gasteiger partial charge on any atom is 0.161 e. The van der Waals surface area contributed by atoms with Gasteiger partial charge in [-0.25, -0.2) is 9.97 Å². The van der Waals surface area contributed by atoms with Gasteiger partial charge in [0.25, 0.3) is 0 Å². The molecule has 0 atom stereocenters. The minimum Gasteiger partial charge on any atom is -0.486 e. The van der Waals surface area contributed by atoms with Crippen LogP contribution in [0, 0.1) is 0 Å². The van der Waals surface area contributed by atoms with Crippen molar-refractivity contribution in [1.29, 1.82) is 0 Å². The van der Waals surface area contributed by atoms with Gasteiger partial charge in [-0.2, -0.15) is 0 Å². The van der Waals surface area contributed by atoms with Crippen LogP contribution < -0.4 is 14.4 Å². The van der Waals surface area contributed by atoms with E-state index in [-0.39, 0.29) is 0 Å². The van der Waals surface area contributed by atoms with Gasteiger partial charge in [0.15, 0.2) is 11.5 Å². The van der Waals surface area contributed by atoms with Gasteiger partial charge in [0.2, 0.25) is 0 Å². The summed E-state index contributed by atoms with van der Waals surface area (Å²) in [5.74, 6) is 2.92. The summed E-state index contributed by atoms with van der Waals surface area (Å²) in [6.45, 7) is 8.74. The lowest BCUT2D eigenvalue weighted by Crippen LogP contribution is -2.52. The lowest BCUT2D eigenvalue weighted by Gasteiger charge is -2.43. The Morgan fingerprint density at radius 2 is 1.69 bits per heavy atom. The van der Waals surface area contributed by atoms with Gasteiger partial charge >= 0.3 is 0 Å². The lowest BCUT2D eigenvalue weighted by molar-refractivity contribution is 0.120. The second-order valence-electron chi connectivity index (χ2n) is 9.48. The summed E-state index contributed by atoms with van der Waals surface area (Å²) < 4.78 is 11.4. The fraction of sp³-hybridized carbons (Fsp3) is 0.600. The monoisotopic (exact) mass is 435 g/mol. The summed E-state index contributed by atoms with van der Waals surface area (Å²) in [7, 11) is 0. The fourth-order valence-corrected chi connectivity index (χ4v) is 5.48. The van der Waals surface area contributed by atoms with Crippen LogP contribution in [0.25, 0.3) is 0 Å². The van der Waals surface area contributed by atoms with Crippen molar-refractivity contribution in [3.05, 3.63) is 41.3 Å². The number of aromatic nitrogens is 2. The quantitative estimate of drug-likeness (QED) is 0.731. The van der Waals surface area contributed by atoms with Crippen LogP contribution in [0.5, 0.6) is 11.5 Å². The fourth-order valence-electron chi connectivity index (χ4n) is 5.48. The molecule has 2 aromatic rings. The highest BCUT2D eigenvalue weighted by Crippen LogP contribution is 2.32. The van der Waals surface area contributed by atoms with Crippen LogP contribution in [0.4, 0.5) is 5.82 Å². The summed E-state index contributed by atoms with van der Waals surface area (Å²) in [5.41, 5.74) is 3.88. The molecule has 1 aliphatic carbocycles. The second kappa shape index (κ2) is 8.87. The van der Waals surface area contributed by atoms with E-state index in [0.29, 0.717) is 13.2 Å². The zero-order valence-electron chi connectivity index (χ0n) is 18.8. The van der Waals surface area contributed by atoms with Crippen molar-refractivity contribution in [3.63, 3.8) is 0 Å². The predicted molar refractivity (Wildman–Crippen MR) is 124 cm³/mol. The highest BCUT2D eigenvalue weighted by Gasteiger charge is 2.30. The first-order valence-corrected chi connectivity index (χ1v) is 12.3. The van der Waals surface area contributed by atoms with Crippen molar-refractivity contribution >= 4 is 5.82 Å². The molecule has 0 radical (unpaired) electrons. The summed E-state index contributed by atoms with van der Waals surface area (Å²) in [5, 5.41) is 0. The first-order valence-electron chi connectivity index (χ1n) is 12.3. The van der Waals surface area contributed by atoms with E-state index in [0.717, 1.165) is 63.1 Å². The molecule has 1 saturated heterocycles. The number of hydrogen-bond donors (Lipinski definition) is 0. The maximum absolute atomic E-state index is 5.77. The summed E-state index contributed by atoms with van der Waals surface area (Å²) in [4.78, 5) is 17.2. The largest absolute Gasteiger partial charge is 0.486 e. The molecule has 0 spiro atoms. The van der Waals surface area contributed by atoms with Gasteiger partial charge in [-0.05, 0) is 37.0 Å². The van der Waals surface area contributed by atoms with Gasteiger partial charge in [0.1, 0.15) is 25.4 Å². The van der Waals surface area contributed by atoms with Crippen LogP contribution in [0.3, 0.4) is 0 Å². The lowest BCUT2D eigenvalue weighted by atomic mass is 9.91. The Labute approximate surface area is 190 Å². The average Bonchev–Trinajstić information content (AvgIpc) is 3.01. The third-order valence-corrected chi connectivity index (χ3v) is 7.57. The minimum atomic E-state index is 0.631. The molecule has 1 saturated carbocycles. The normalized spacial score (nSPS) is 22.2. The van der Waals surface area contributed by atoms with E-state index in [4.69, 9.17) is 14.5 Å². The van der Waals surface area contributed by atoms with Gasteiger partial charge in [-0.1, -0.05) is 12.5 Å². The van der Waals surface area contributed by atoms with Crippen molar-refractivity contribution in [2.75, 3.05) is 57.4 Å². The van der Waals surface area contributed by atoms with Crippen LogP contribution >= 0.6 is 0 Å². The van der Waals surface area contributed by atoms with Crippen molar-refractivity contribution in [3.8, 4) is 11.5 Å². The number of ether oxygens (including phenoxy) is 2. The van der Waals surface area contributed by atoms with Gasteiger partial charge in [-0.15, -0.1) is 0 Å². The molecule has 7 nitrogen and oxygen atoms in total. The number of hydrogen-bond acceptors (Lipinski definition) is 7. The number of nitrogens with zero attached hydrogens (tertiary/aromatic N) is 5. The highest BCUT2D eigenvalue weighted by atomic mass is 16.6. The Balaban J connectivity index is 1.12. The first kappa shape index (κ1) is 20.2. The molecule has 0 amide bonds. The van der Waals surface area contributed by atoms with E-state index in [2.05, 4.69) is 31.8 Å². The summed E-state index contributed by atoms with van der Waals surface area (Å²) in [6, 6.07) is 7.19. The molecule has 0 N–H and O–H groups in total. The zero-order chi connectivity index (χ0) is 21.3. The Morgan fingerprint density at radius 1 is 0.875 bits per heavy atom. The van der Waals surface area contributed by atoms with E-state index in [9.17, 15) is 0 Å². The van der Waals surface area contributed by atoms with Crippen molar-refractivity contribution < 1.29 is 9.47 Å². The van der Waals surface area contributed by atoms with E-state index in [1.54, 1.807) is 6.33 Å². The van der Waals surface area contributed by atoms with Gasteiger partial charge in [0, 0.05) is 63.8 Å². The molecular formula is C25H33N5O2. The van der Waals surface area contributed by atoms with Crippen molar-refractivity contribution in [2.45, 2.75) is 44.7 Å². The zero-order valence-corrected chi connectivity index (χ0v) is 18.8. The van der Waals surface area contributed by atoms with Gasteiger partial charge < -0.3 is 14.4 Å². The third-order valence-electron chi connectivity index (χ3n) is 7.57. The van der Waals surface area contributed by atoms with Crippen LogP contribution in [-0.2, 0) is 19.4 Å². The third kappa shape index (κ3) is 4.04. The minimum absolute atomic E-state index is 0.631. The number of anilines is 1. The molecule has 7 heteroatoms. The number of fused-ring (bicyclic) bond motifs is 2. The summed E-state index contributed by atoms with van der Waals surface area (Å²) in [6.07, 6.45) is 7.97. The molecule has 2 fully saturated rings.